The summed E-state index contributed by atoms with van der Waals surface area (Å²) in [6.45, 7) is 0. The van der Waals surface area contributed by atoms with Crippen molar-refractivity contribution in [3.8, 4) is 5.75 Å². The van der Waals surface area contributed by atoms with Gasteiger partial charge in [-0.2, -0.15) is 0 Å². The average molecular weight is 251 g/mol. The Morgan fingerprint density at radius 3 is 2.88 bits per heavy atom. The third-order valence-electron chi connectivity index (χ3n) is 2.07. The first-order valence-electron chi connectivity index (χ1n) is 4.51. The lowest BCUT2D eigenvalue weighted by molar-refractivity contribution is 0.482. The number of para-hydroxylation sites is 1. The molecular formula is C10H9N3OS2. The van der Waals surface area contributed by atoms with Crippen molar-refractivity contribution in [1.29, 1.82) is 0 Å². The smallest absolute Gasteiger partial charge is 0.196 e. The van der Waals surface area contributed by atoms with Crippen LogP contribution in [0.3, 0.4) is 0 Å². The second-order valence-corrected chi connectivity index (χ2v) is 4.48. The highest BCUT2D eigenvalue weighted by atomic mass is 32.2. The first kappa shape index (κ1) is 11.1. The first-order chi connectivity index (χ1) is 7.72. The monoisotopic (exact) mass is 251 g/mol. The summed E-state index contributed by atoms with van der Waals surface area (Å²) in [4.78, 5) is 2.96. The largest absolute Gasteiger partial charge is 0.504 e. The van der Waals surface area contributed by atoms with Crippen LogP contribution in [0.25, 0.3) is 10.9 Å². The fraction of sp³-hybridized carbons (Fsp3) is 0.100. The third kappa shape index (κ3) is 2.07. The Morgan fingerprint density at radius 2 is 2.19 bits per heavy atom. The van der Waals surface area contributed by atoms with E-state index < -0.39 is 0 Å². The van der Waals surface area contributed by atoms with Crippen LogP contribution in [0.15, 0.2) is 34.5 Å². The number of thiocarbonyl (C=S) groups is 1. The van der Waals surface area contributed by atoms with Gasteiger partial charge in [0.15, 0.2) is 15.9 Å². The van der Waals surface area contributed by atoms with Crippen molar-refractivity contribution >= 4 is 45.0 Å². The lowest BCUT2D eigenvalue weighted by atomic mass is 10.2. The van der Waals surface area contributed by atoms with Gasteiger partial charge in [-0.15, -0.1) is 10.2 Å². The van der Waals surface area contributed by atoms with Crippen LogP contribution < -0.4 is 0 Å². The molecule has 0 unspecified atom stereocenters. The van der Waals surface area contributed by atoms with E-state index >= 15 is 0 Å². The van der Waals surface area contributed by atoms with Crippen molar-refractivity contribution in [2.45, 2.75) is 0 Å². The fourth-order valence-corrected chi connectivity index (χ4v) is 1.48. The second kappa shape index (κ2) is 4.63. The Bertz CT molecular complexity index is 562. The molecular weight excluding hydrogens is 242 g/mol. The van der Waals surface area contributed by atoms with E-state index in [9.17, 15) is 5.11 Å². The summed E-state index contributed by atoms with van der Waals surface area (Å²) < 4.78 is 0.429. The predicted octanol–water partition coefficient (Wildman–Crippen LogP) is 3.61. The lowest BCUT2D eigenvalue weighted by Crippen LogP contribution is -1.75. The lowest BCUT2D eigenvalue weighted by Gasteiger charge is -1.89. The fourth-order valence-electron chi connectivity index (χ4n) is 1.32. The maximum absolute atomic E-state index is 9.84. The van der Waals surface area contributed by atoms with Crippen molar-refractivity contribution in [1.82, 2.24) is 4.98 Å². The van der Waals surface area contributed by atoms with Gasteiger partial charge in [-0.1, -0.05) is 23.9 Å². The van der Waals surface area contributed by atoms with Crippen LogP contribution >= 0.6 is 24.0 Å². The van der Waals surface area contributed by atoms with Crippen LogP contribution in [0.2, 0.25) is 0 Å². The van der Waals surface area contributed by atoms with Crippen molar-refractivity contribution < 1.29 is 5.11 Å². The highest BCUT2D eigenvalue weighted by molar-refractivity contribution is 8.22. The summed E-state index contributed by atoms with van der Waals surface area (Å²) in [6.07, 6.45) is 1.83. The Hall–Kier alpha value is -1.40. The summed E-state index contributed by atoms with van der Waals surface area (Å²) in [7, 11) is 0. The molecule has 0 bridgehead atoms. The highest BCUT2D eigenvalue weighted by Crippen LogP contribution is 2.34. The number of hydrogen-bond acceptors (Lipinski definition) is 4. The predicted molar refractivity (Wildman–Crippen MR) is 70.6 cm³/mol. The van der Waals surface area contributed by atoms with Crippen molar-refractivity contribution in [3.05, 3.63) is 24.3 Å². The number of hydrogen-bond donors (Lipinski definition) is 2. The molecule has 1 aromatic heterocycles. The number of aromatic hydroxyl groups is 1. The molecule has 2 N–H and O–H groups in total. The zero-order valence-corrected chi connectivity index (χ0v) is 10.1. The molecule has 82 valence electrons. The van der Waals surface area contributed by atoms with E-state index in [1.54, 1.807) is 0 Å². The number of rotatable bonds is 1. The minimum atomic E-state index is 0.100. The molecule has 0 amide bonds. The molecule has 4 nitrogen and oxygen atoms in total. The number of H-pyrrole nitrogens is 1. The molecule has 0 aliphatic carbocycles. The normalized spacial score (nSPS) is 11.3. The van der Waals surface area contributed by atoms with Gasteiger partial charge in [0.1, 0.15) is 0 Å². The molecule has 1 heterocycles. The Labute approximate surface area is 102 Å². The van der Waals surface area contributed by atoms with Gasteiger partial charge >= 0.3 is 0 Å². The molecule has 2 aromatic rings. The van der Waals surface area contributed by atoms with Gasteiger partial charge in [-0.3, -0.25) is 0 Å². The second-order valence-electron chi connectivity index (χ2n) is 3.04. The van der Waals surface area contributed by atoms with Gasteiger partial charge in [0.25, 0.3) is 0 Å². The molecule has 0 fully saturated rings. The number of nitrogens with one attached hydrogen (secondary N) is 1. The van der Waals surface area contributed by atoms with Crippen LogP contribution in [0, 0.1) is 0 Å². The highest BCUT2D eigenvalue weighted by Gasteiger charge is 2.08. The number of fused-ring (bicyclic) bond motifs is 1. The summed E-state index contributed by atoms with van der Waals surface area (Å²) in [6, 6.07) is 7.41. The zero-order chi connectivity index (χ0) is 11.5. The van der Waals surface area contributed by atoms with E-state index in [0.717, 1.165) is 10.9 Å². The molecule has 6 heteroatoms. The van der Waals surface area contributed by atoms with Gasteiger partial charge in [0, 0.05) is 5.39 Å². The molecule has 0 saturated heterocycles. The zero-order valence-electron chi connectivity index (χ0n) is 8.47. The Kier molecular flexibility index (Phi) is 3.21. The number of azo groups is 1. The summed E-state index contributed by atoms with van der Waals surface area (Å²) in [5.41, 5.74) is 0.823. The molecule has 16 heavy (non-hydrogen) atoms. The molecule has 0 atom stereocenters. The summed E-state index contributed by atoms with van der Waals surface area (Å²) in [5, 5.41) is 18.2. The maximum Gasteiger partial charge on any atom is 0.196 e. The molecule has 2 rings (SSSR count). The quantitative estimate of drug-likeness (QED) is 0.601. The van der Waals surface area contributed by atoms with E-state index in [0.29, 0.717) is 10.1 Å². The minimum absolute atomic E-state index is 0.100. The number of thioether (sulfide) groups is 1. The first-order valence-corrected chi connectivity index (χ1v) is 6.15. The number of aromatic nitrogens is 1. The number of benzene rings is 1. The van der Waals surface area contributed by atoms with Crippen LogP contribution in [0.1, 0.15) is 0 Å². The van der Waals surface area contributed by atoms with E-state index in [2.05, 4.69) is 15.2 Å². The van der Waals surface area contributed by atoms with Gasteiger partial charge in [-0.05, 0) is 30.6 Å². The van der Waals surface area contributed by atoms with Crippen LogP contribution in [0.4, 0.5) is 5.82 Å². The molecule has 0 aliphatic rings. The number of aromatic amines is 1. The van der Waals surface area contributed by atoms with Crippen molar-refractivity contribution in [3.63, 3.8) is 0 Å². The van der Waals surface area contributed by atoms with E-state index in [1.807, 2.05) is 30.5 Å². The minimum Gasteiger partial charge on any atom is -0.504 e. The average Bonchev–Trinajstić information content (AvgIpc) is 2.64. The Morgan fingerprint density at radius 1 is 1.44 bits per heavy atom. The molecule has 0 radical (unpaired) electrons. The summed E-state index contributed by atoms with van der Waals surface area (Å²) in [5.74, 6) is 0.431. The standard InChI is InChI=1S/C10H9N3OS2/c1-16-10(15)13-12-9-8(14)6-4-2-3-5-7(6)11-9/h2-5,11,14H,1H3/b13-12+. The molecule has 1 aromatic carbocycles. The molecule has 0 saturated carbocycles. The van der Waals surface area contributed by atoms with Crippen LogP contribution in [0.5, 0.6) is 5.75 Å². The van der Waals surface area contributed by atoms with E-state index in [4.69, 9.17) is 12.2 Å². The van der Waals surface area contributed by atoms with Gasteiger partial charge in [-0.25, -0.2) is 0 Å². The molecule has 0 spiro atoms. The molecule has 0 aliphatic heterocycles. The SMILES string of the molecule is CSC(=S)/N=N/c1[nH]c2ccccc2c1O. The van der Waals surface area contributed by atoms with Crippen molar-refractivity contribution in [2.24, 2.45) is 10.2 Å². The Balaban J connectivity index is 2.42. The van der Waals surface area contributed by atoms with E-state index in [1.165, 1.54) is 11.8 Å². The van der Waals surface area contributed by atoms with Crippen LogP contribution in [-0.4, -0.2) is 20.7 Å². The van der Waals surface area contributed by atoms with Crippen molar-refractivity contribution in [2.75, 3.05) is 6.26 Å². The third-order valence-corrected chi connectivity index (χ3v) is 3.08. The topological polar surface area (TPSA) is 60.7 Å². The van der Waals surface area contributed by atoms with E-state index in [-0.39, 0.29) is 5.75 Å². The maximum atomic E-state index is 9.84. The summed E-state index contributed by atoms with van der Waals surface area (Å²) >= 11 is 6.22. The van der Waals surface area contributed by atoms with Gasteiger partial charge < -0.3 is 10.1 Å². The van der Waals surface area contributed by atoms with Gasteiger partial charge in [0.2, 0.25) is 0 Å². The number of nitrogens with zero attached hydrogens (tertiary/aromatic N) is 2. The van der Waals surface area contributed by atoms with Crippen LogP contribution in [-0.2, 0) is 0 Å². The van der Waals surface area contributed by atoms with Gasteiger partial charge in [0.05, 0.1) is 5.52 Å².